The van der Waals surface area contributed by atoms with E-state index in [4.69, 9.17) is 14.2 Å². The quantitative estimate of drug-likeness (QED) is 0.118. The van der Waals surface area contributed by atoms with E-state index < -0.39 is 32.5 Å². The van der Waals surface area contributed by atoms with Crippen LogP contribution in [0.15, 0.2) is 97.3 Å². The minimum Gasteiger partial charge on any atom is -0.493 e. The number of methoxy groups -OCH3 is 2. The van der Waals surface area contributed by atoms with Crippen LogP contribution in [0.3, 0.4) is 0 Å². The molecule has 49 heavy (non-hydrogen) atoms. The van der Waals surface area contributed by atoms with Gasteiger partial charge in [-0.3, -0.25) is 19.5 Å². The molecule has 0 N–H and O–H groups in total. The van der Waals surface area contributed by atoms with E-state index in [1.807, 2.05) is 0 Å². The van der Waals surface area contributed by atoms with Crippen molar-refractivity contribution in [3.8, 4) is 11.5 Å². The number of hydrogen-bond acceptors (Lipinski definition) is 11. The molecule has 5 aromatic rings. The molecule has 2 aromatic heterocycles. The number of benzene rings is 3. The summed E-state index contributed by atoms with van der Waals surface area (Å²) in [5, 5.41) is 11.9. The number of nitro groups is 1. The number of esters is 1. The SMILES string of the molecule is CCOC(=O)C1=C(C)N=c2s/c(=C\c3cn(S(=O)(=O)c4cccc([N+](=O)[O-])c4)c4ccccc34)c(=O)n2[C@H]1c1cc(OC)c(OC)cc1Br. The Labute approximate surface area is 291 Å². The van der Waals surface area contributed by atoms with Crippen molar-refractivity contribution in [3.05, 3.63) is 124 Å². The predicted octanol–water partition coefficient (Wildman–Crippen LogP) is 4.68. The van der Waals surface area contributed by atoms with E-state index in [1.165, 1.54) is 43.2 Å². The van der Waals surface area contributed by atoms with E-state index in [9.17, 15) is 28.1 Å². The van der Waals surface area contributed by atoms with Gasteiger partial charge in [0.2, 0.25) is 0 Å². The molecule has 16 heteroatoms. The Morgan fingerprint density at radius 2 is 1.82 bits per heavy atom. The van der Waals surface area contributed by atoms with Gasteiger partial charge in [0.15, 0.2) is 16.3 Å². The van der Waals surface area contributed by atoms with Crippen LogP contribution in [-0.2, 0) is 19.6 Å². The Hall–Kier alpha value is -5.06. The molecule has 1 atom stereocenters. The lowest BCUT2D eigenvalue weighted by molar-refractivity contribution is -0.385. The molecule has 3 aromatic carbocycles. The summed E-state index contributed by atoms with van der Waals surface area (Å²) in [5.41, 5.74) is 0.893. The van der Waals surface area contributed by atoms with Gasteiger partial charge in [0, 0.05) is 33.8 Å². The number of aromatic nitrogens is 2. The first-order valence-electron chi connectivity index (χ1n) is 14.6. The second-order valence-electron chi connectivity index (χ2n) is 10.7. The summed E-state index contributed by atoms with van der Waals surface area (Å²) in [4.78, 5) is 43.1. The maximum absolute atomic E-state index is 14.3. The van der Waals surface area contributed by atoms with Crippen LogP contribution in [-0.4, -0.2) is 48.7 Å². The highest BCUT2D eigenvalue weighted by Gasteiger charge is 2.35. The summed E-state index contributed by atoms with van der Waals surface area (Å²) in [6.07, 6.45) is 2.93. The number of rotatable bonds is 9. The molecule has 0 amide bonds. The van der Waals surface area contributed by atoms with Gasteiger partial charge in [0.1, 0.15) is 0 Å². The van der Waals surface area contributed by atoms with E-state index in [-0.39, 0.29) is 27.3 Å². The van der Waals surface area contributed by atoms with Crippen molar-refractivity contribution in [2.45, 2.75) is 24.8 Å². The molecule has 0 radical (unpaired) electrons. The lowest BCUT2D eigenvalue weighted by Gasteiger charge is -2.26. The predicted molar refractivity (Wildman–Crippen MR) is 185 cm³/mol. The number of thiazole rings is 1. The number of nitro benzene ring substituents is 1. The molecule has 0 saturated carbocycles. The molecule has 0 unspecified atom stereocenters. The van der Waals surface area contributed by atoms with Crippen molar-refractivity contribution < 1.29 is 32.3 Å². The van der Waals surface area contributed by atoms with Crippen molar-refractivity contribution >= 4 is 65.9 Å². The number of halogens is 1. The highest BCUT2D eigenvalue weighted by molar-refractivity contribution is 9.10. The van der Waals surface area contributed by atoms with Crippen LogP contribution in [0, 0.1) is 10.1 Å². The van der Waals surface area contributed by atoms with Gasteiger partial charge in [-0.25, -0.2) is 22.2 Å². The van der Waals surface area contributed by atoms with E-state index >= 15 is 0 Å². The number of fused-ring (bicyclic) bond motifs is 2. The van der Waals surface area contributed by atoms with Crippen molar-refractivity contribution in [1.29, 1.82) is 0 Å². The van der Waals surface area contributed by atoms with Crippen LogP contribution >= 0.6 is 27.3 Å². The third kappa shape index (κ3) is 5.85. The smallest absolute Gasteiger partial charge is 0.338 e. The number of nitrogens with zero attached hydrogens (tertiary/aromatic N) is 4. The van der Waals surface area contributed by atoms with Crippen LogP contribution in [0.2, 0.25) is 0 Å². The largest absolute Gasteiger partial charge is 0.493 e. The Morgan fingerprint density at radius 1 is 1.10 bits per heavy atom. The number of carbonyl (C=O) groups is 1. The standard InChI is InChI=1S/C33H27BrN4O9S2/c1-5-47-32(40)29-18(2)35-33-37(30(29)23-15-26(45-3)27(46-4)16-24(23)34)31(39)28(48-33)13-19-17-36(25-12-7-6-11-22(19)25)49(43,44)21-10-8-9-20(14-21)38(41)42/h6-17,30H,5H2,1-4H3/b28-13-/t30-/m0/s1. The minimum absolute atomic E-state index is 0.100. The van der Waals surface area contributed by atoms with Gasteiger partial charge >= 0.3 is 5.97 Å². The van der Waals surface area contributed by atoms with Crippen LogP contribution in [0.5, 0.6) is 11.5 Å². The van der Waals surface area contributed by atoms with Gasteiger partial charge in [-0.2, -0.15) is 0 Å². The lowest BCUT2D eigenvalue weighted by Crippen LogP contribution is -2.40. The molecule has 1 aliphatic heterocycles. The van der Waals surface area contributed by atoms with E-state index in [2.05, 4.69) is 20.9 Å². The highest BCUT2D eigenvalue weighted by atomic mass is 79.9. The second-order valence-corrected chi connectivity index (χ2v) is 14.4. The number of carbonyl (C=O) groups excluding carboxylic acids is 1. The molecular weight excluding hydrogens is 740 g/mol. The van der Waals surface area contributed by atoms with E-state index in [1.54, 1.807) is 56.3 Å². The van der Waals surface area contributed by atoms with E-state index in [0.717, 1.165) is 21.4 Å². The molecule has 13 nitrogen and oxygen atoms in total. The van der Waals surface area contributed by atoms with Gasteiger partial charge in [-0.1, -0.05) is 51.5 Å². The number of non-ortho nitro benzene ring substituents is 1. The first-order chi connectivity index (χ1) is 23.4. The van der Waals surface area contributed by atoms with Crippen molar-refractivity contribution in [2.24, 2.45) is 4.99 Å². The molecule has 6 rings (SSSR count). The van der Waals surface area contributed by atoms with Gasteiger partial charge in [-0.15, -0.1) is 0 Å². The third-order valence-electron chi connectivity index (χ3n) is 7.90. The Balaban J connectivity index is 1.58. The average Bonchev–Trinajstić information content (AvgIpc) is 3.61. The Kier molecular flexibility index (Phi) is 9.04. The zero-order chi connectivity index (χ0) is 35.2. The van der Waals surface area contributed by atoms with Crippen LogP contribution in [0.4, 0.5) is 5.69 Å². The van der Waals surface area contributed by atoms with Gasteiger partial charge in [0.05, 0.1) is 58.0 Å². The number of allylic oxidation sites excluding steroid dienone is 1. The first kappa shape index (κ1) is 33.8. The van der Waals surface area contributed by atoms with Gasteiger partial charge < -0.3 is 14.2 Å². The summed E-state index contributed by atoms with van der Waals surface area (Å²) in [6.45, 7) is 3.45. The van der Waals surface area contributed by atoms with Gasteiger partial charge in [0.25, 0.3) is 21.3 Å². The number of ether oxygens (including phenoxy) is 3. The van der Waals surface area contributed by atoms with Crippen molar-refractivity contribution in [3.63, 3.8) is 0 Å². The molecule has 252 valence electrons. The Bertz CT molecular complexity index is 2520. The molecule has 0 saturated heterocycles. The molecule has 0 spiro atoms. The number of hydrogen-bond donors (Lipinski definition) is 0. The third-order valence-corrected chi connectivity index (χ3v) is 11.2. The first-order valence-corrected chi connectivity index (χ1v) is 17.7. The topological polar surface area (TPSA) is 161 Å². The van der Waals surface area contributed by atoms with Crippen molar-refractivity contribution in [2.75, 3.05) is 20.8 Å². The zero-order valence-electron chi connectivity index (χ0n) is 26.4. The summed E-state index contributed by atoms with van der Waals surface area (Å²) < 4.78 is 47.2. The maximum Gasteiger partial charge on any atom is 0.338 e. The summed E-state index contributed by atoms with van der Waals surface area (Å²) in [6, 6.07) is 13.9. The molecule has 0 bridgehead atoms. The summed E-state index contributed by atoms with van der Waals surface area (Å²) in [5.74, 6) is 0.165. The molecular formula is C33H27BrN4O9S2. The zero-order valence-corrected chi connectivity index (χ0v) is 29.6. The number of para-hydroxylation sites is 1. The highest BCUT2D eigenvalue weighted by Crippen LogP contribution is 2.41. The molecule has 0 fully saturated rings. The van der Waals surface area contributed by atoms with Crippen molar-refractivity contribution in [1.82, 2.24) is 8.54 Å². The average molecular weight is 768 g/mol. The second kappa shape index (κ2) is 13.1. The monoisotopic (exact) mass is 766 g/mol. The fourth-order valence-corrected chi connectivity index (χ4v) is 8.66. The van der Waals surface area contributed by atoms with Crippen LogP contribution in [0.25, 0.3) is 17.0 Å². The van der Waals surface area contributed by atoms with E-state index in [0.29, 0.717) is 48.5 Å². The molecule has 3 heterocycles. The maximum atomic E-state index is 14.3. The van der Waals surface area contributed by atoms with Gasteiger partial charge in [-0.05, 0) is 49.8 Å². The summed E-state index contributed by atoms with van der Waals surface area (Å²) in [7, 11) is -1.32. The molecule has 1 aliphatic rings. The fourth-order valence-electron chi connectivity index (χ4n) is 5.67. The minimum atomic E-state index is -4.29. The fraction of sp³-hybridized carbons (Fsp3) is 0.182. The lowest BCUT2D eigenvalue weighted by atomic mass is 9.95. The summed E-state index contributed by atoms with van der Waals surface area (Å²) >= 11 is 4.66. The van der Waals surface area contributed by atoms with Crippen LogP contribution in [0.1, 0.15) is 31.0 Å². The normalized spacial score (nSPS) is 14.8. The van der Waals surface area contributed by atoms with Crippen LogP contribution < -0.4 is 24.4 Å². The molecule has 0 aliphatic carbocycles. The Morgan fingerprint density at radius 3 is 2.51 bits per heavy atom.